The van der Waals surface area contributed by atoms with Gasteiger partial charge in [0.15, 0.2) is 11.9 Å². The number of methoxy groups -OCH3 is 1. The molecule has 0 N–H and O–H groups in total. The fraction of sp³-hybridized carbons (Fsp3) is 0.290. The Kier molecular flexibility index (Phi) is 9.04. The van der Waals surface area contributed by atoms with E-state index in [2.05, 4.69) is 34.9 Å². The Morgan fingerprint density at radius 2 is 1.85 bits per heavy atom. The fourth-order valence-corrected chi connectivity index (χ4v) is 4.70. The number of aryl methyl sites for hydroxylation is 1. The van der Waals surface area contributed by atoms with Crippen molar-refractivity contribution >= 4 is 39.0 Å². The average Bonchev–Trinajstić information content (AvgIpc) is 2.93. The lowest BCUT2D eigenvalue weighted by Crippen LogP contribution is -2.26. The molecule has 0 radical (unpaired) electrons. The third kappa shape index (κ3) is 6.09. The minimum absolute atomic E-state index is 0.182. The second-order valence-electron chi connectivity index (χ2n) is 9.57. The third-order valence-electron chi connectivity index (χ3n) is 6.40. The zero-order valence-corrected chi connectivity index (χ0v) is 25.0. The van der Waals surface area contributed by atoms with Crippen LogP contribution in [0.4, 0.5) is 0 Å². The highest BCUT2D eigenvalue weighted by molar-refractivity contribution is 9.10. The van der Waals surface area contributed by atoms with Crippen LogP contribution in [0.15, 0.2) is 69.0 Å². The van der Waals surface area contributed by atoms with Crippen molar-refractivity contribution in [1.82, 2.24) is 9.66 Å². The lowest BCUT2D eigenvalue weighted by atomic mass is 9.96. The Labute approximate surface area is 241 Å². The molecular formula is C31H32BrN3O5. The highest BCUT2D eigenvalue weighted by atomic mass is 79.9. The van der Waals surface area contributed by atoms with Crippen LogP contribution in [0.2, 0.25) is 0 Å². The number of aromatic nitrogens is 2. The topological polar surface area (TPSA) is 92.0 Å². The van der Waals surface area contributed by atoms with E-state index in [-0.39, 0.29) is 18.1 Å². The lowest BCUT2D eigenvalue weighted by molar-refractivity contribution is -0.150. The van der Waals surface area contributed by atoms with E-state index >= 15 is 0 Å². The van der Waals surface area contributed by atoms with Gasteiger partial charge in [0.05, 0.1) is 30.8 Å². The summed E-state index contributed by atoms with van der Waals surface area (Å²) in [5.41, 5.74) is 3.48. The summed E-state index contributed by atoms with van der Waals surface area (Å²) in [6.07, 6.45) is 0.701. The Morgan fingerprint density at radius 3 is 2.55 bits per heavy atom. The van der Waals surface area contributed by atoms with E-state index in [1.807, 2.05) is 31.2 Å². The van der Waals surface area contributed by atoms with Crippen LogP contribution in [-0.4, -0.2) is 41.7 Å². The Bertz CT molecular complexity index is 1640. The Balaban J connectivity index is 1.90. The molecule has 0 amide bonds. The maximum atomic E-state index is 13.8. The summed E-state index contributed by atoms with van der Waals surface area (Å²) in [5, 5.41) is 5.06. The molecule has 1 aromatic heterocycles. The van der Waals surface area contributed by atoms with E-state index in [1.54, 1.807) is 51.3 Å². The first-order valence-electron chi connectivity index (χ1n) is 13.0. The van der Waals surface area contributed by atoms with E-state index in [4.69, 9.17) is 19.2 Å². The van der Waals surface area contributed by atoms with Gasteiger partial charge in [-0.25, -0.2) is 9.78 Å². The molecule has 8 nitrogen and oxygen atoms in total. The lowest BCUT2D eigenvalue weighted by Gasteiger charge is -2.17. The molecule has 4 rings (SSSR count). The van der Waals surface area contributed by atoms with Gasteiger partial charge in [0.2, 0.25) is 0 Å². The van der Waals surface area contributed by atoms with E-state index in [1.165, 1.54) is 10.9 Å². The number of ether oxygens (including phenoxy) is 3. The maximum Gasteiger partial charge on any atom is 0.347 e. The number of rotatable bonds is 9. The average molecular weight is 607 g/mol. The van der Waals surface area contributed by atoms with Crippen molar-refractivity contribution in [3.8, 4) is 22.9 Å². The van der Waals surface area contributed by atoms with Crippen LogP contribution >= 0.6 is 15.9 Å². The van der Waals surface area contributed by atoms with Gasteiger partial charge in [-0.05, 0) is 80.3 Å². The number of hydrogen-bond acceptors (Lipinski definition) is 7. The molecule has 4 aromatic rings. The van der Waals surface area contributed by atoms with E-state index in [0.717, 1.165) is 26.9 Å². The van der Waals surface area contributed by atoms with Gasteiger partial charge in [-0.3, -0.25) is 4.79 Å². The van der Waals surface area contributed by atoms with Gasteiger partial charge in [-0.1, -0.05) is 41.9 Å². The van der Waals surface area contributed by atoms with Crippen molar-refractivity contribution < 1.29 is 19.0 Å². The van der Waals surface area contributed by atoms with Crippen molar-refractivity contribution in [3.05, 3.63) is 86.1 Å². The number of benzene rings is 3. The van der Waals surface area contributed by atoms with Crippen molar-refractivity contribution in [1.29, 1.82) is 0 Å². The maximum absolute atomic E-state index is 13.8. The SMILES string of the molecule is CCOC(=O)[C@@H](C)Oc1ccc(Br)cc1C=Nn1c(-c2cc(C(C)C)c(OC)cc2C)nc2ccccc2c1=O. The molecule has 1 heterocycles. The van der Waals surface area contributed by atoms with Crippen molar-refractivity contribution in [2.45, 2.75) is 46.6 Å². The zero-order chi connectivity index (χ0) is 29.0. The number of esters is 1. The van der Waals surface area contributed by atoms with Gasteiger partial charge in [-0.15, -0.1) is 0 Å². The number of para-hydroxylation sites is 1. The monoisotopic (exact) mass is 605 g/mol. The normalized spacial score (nSPS) is 12.2. The molecule has 40 heavy (non-hydrogen) atoms. The summed E-state index contributed by atoms with van der Waals surface area (Å²) in [5.74, 6) is 1.31. The first-order valence-corrected chi connectivity index (χ1v) is 13.8. The Hall–Kier alpha value is -3.98. The molecule has 3 aromatic carbocycles. The summed E-state index contributed by atoms with van der Waals surface area (Å²) < 4.78 is 18.7. The van der Waals surface area contributed by atoms with E-state index in [0.29, 0.717) is 28.0 Å². The number of carbonyl (C=O) groups is 1. The van der Waals surface area contributed by atoms with Crippen molar-refractivity contribution in [2.24, 2.45) is 5.10 Å². The van der Waals surface area contributed by atoms with Gasteiger partial charge in [0.1, 0.15) is 11.5 Å². The second-order valence-corrected chi connectivity index (χ2v) is 10.5. The molecule has 0 aliphatic carbocycles. The number of halogens is 1. The van der Waals surface area contributed by atoms with Crippen LogP contribution in [0.3, 0.4) is 0 Å². The Morgan fingerprint density at radius 1 is 1.10 bits per heavy atom. The van der Waals surface area contributed by atoms with Gasteiger partial charge in [0.25, 0.3) is 5.56 Å². The van der Waals surface area contributed by atoms with Crippen molar-refractivity contribution in [2.75, 3.05) is 13.7 Å². The van der Waals surface area contributed by atoms with Gasteiger partial charge in [-0.2, -0.15) is 9.78 Å². The molecule has 0 fully saturated rings. The molecule has 0 unspecified atom stereocenters. The van der Waals surface area contributed by atoms with Crippen LogP contribution in [-0.2, 0) is 9.53 Å². The number of carbonyl (C=O) groups excluding carboxylic acids is 1. The largest absolute Gasteiger partial charge is 0.496 e. The van der Waals surface area contributed by atoms with Crippen molar-refractivity contribution in [3.63, 3.8) is 0 Å². The fourth-order valence-electron chi connectivity index (χ4n) is 4.32. The smallest absolute Gasteiger partial charge is 0.347 e. The van der Waals surface area contributed by atoms with E-state index in [9.17, 15) is 9.59 Å². The molecular weight excluding hydrogens is 574 g/mol. The highest BCUT2D eigenvalue weighted by Crippen LogP contribution is 2.34. The number of fused-ring (bicyclic) bond motifs is 1. The molecule has 0 spiro atoms. The van der Waals surface area contributed by atoms with Crippen LogP contribution in [0.1, 0.15) is 50.3 Å². The first kappa shape index (κ1) is 29.0. The summed E-state index contributed by atoms with van der Waals surface area (Å²) in [4.78, 5) is 30.8. The van der Waals surface area contributed by atoms with Gasteiger partial charge in [0, 0.05) is 15.6 Å². The molecule has 0 aliphatic rings. The minimum Gasteiger partial charge on any atom is -0.496 e. The third-order valence-corrected chi connectivity index (χ3v) is 6.89. The molecule has 0 saturated carbocycles. The summed E-state index contributed by atoms with van der Waals surface area (Å²) in [7, 11) is 1.65. The highest BCUT2D eigenvalue weighted by Gasteiger charge is 2.20. The van der Waals surface area contributed by atoms with E-state index < -0.39 is 12.1 Å². The van der Waals surface area contributed by atoms with Crippen LogP contribution in [0.25, 0.3) is 22.3 Å². The second kappa shape index (κ2) is 12.5. The predicted octanol–water partition coefficient (Wildman–Crippen LogP) is 6.48. The number of hydrogen-bond donors (Lipinski definition) is 0. The van der Waals surface area contributed by atoms with Crippen LogP contribution < -0.4 is 15.0 Å². The predicted molar refractivity (Wildman–Crippen MR) is 161 cm³/mol. The first-order chi connectivity index (χ1) is 19.1. The van der Waals surface area contributed by atoms with Crippen LogP contribution in [0, 0.1) is 6.92 Å². The summed E-state index contributed by atoms with van der Waals surface area (Å²) in [6.45, 7) is 9.74. The zero-order valence-electron chi connectivity index (χ0n) is 23.4. The summed E-state index contributed by atoms with van der Waals surface area (Å²) in [6, 6.07) is 16.5. The quantitative estimate of drug-likeness (QED) is 0.160. The molecule has 9 heteroatoms. The molecule has 0 aliphatic heterocycles. The molecule has 208 valence electrons. The minimum atomic E-state index is -0.828. The molecule has 0 saturated heterocycles. The van der Waals surface area contributed by atoms with Gasteiger partial charge < -0.3 is 14.2 Å². The molecule has 1 atom stereocenters. The molecule has 0 bridgehead atoms. The number of nitrogens with zero attached hydrogens (tertiary/aromatic N) is 3. The van der Waals surface area contributed by atoms with Gasteiger partial charge >= 0.3 is 5.97 Å². The standard InChI is InChI=1S/C31H32BrN3O5/c1-7-39-31(37)20(5)40-27-13-12-22(32)15-21(27)17-33-35-29(34-26-11-9-8-10-23(26)30(35)36)25-16-24(18(2)3)28(38-6)14-19(25)4/h8-18,20H,7H2,1-6H3/t20-/m1/s1. The van der Waals surface area contributed by atoms with Crippen LogP contribution in [0.5, 0.6) is 11.5 Å². The summed E-state index contributed by atoms with van der Waals surface area (Å²) >= 11 is 3.48.